The van der Waals surface area contributed by atoms with Gasteiger partial charge in [0.05, 0.1) is 7.11 Å². The molecule has 6 nitrogen and oxygen atoms in total. The Morgan fingerprint density at radius 2 is 2.47 bits per heavy atom. The van der Waals surface area contributed by atoms with Gasteiger partial charge in [-0.05, 0) is 24.0 Å². The fourth-order valence-corrected chi connectivity index (χ4v) is 2.19. The molecule has 0 saturated carbocycles. The topological polar surface area (TPSA) is 78.0 Å². The molecule has 0 bridgehead atoms. The van der Waals surface area contributed by atoms with Gasteiger partial charge in [0, 0.05) is 25.5 Å². The quantitative estimate of drug-likeness (QED) is 0.761. The van der Waals surface area contributed by atoms with E-state index in [0.29, 0.717) is 11.6 Å². The monoisotopic (exact) mass is 253 g/mol. The lowest BCUT2D eigenvalue weighted by Crippen LogP contribution is -2.06. The molecule has 0 fully saturated rings. The molecular weight excluding hydrogens is 238 g/mol. The van der Waals surface area contributed by atoms with E-state index < -0.39 is 0 Å². The summed E-state index contributed by atoms with van der Waals surface area (Å²) >= 11 is 1.32. The number of hydrogen-bond donors (Lipinski definition) is 2. The van der Waals surface area contributed by atoms with E-state index in [0.717, 1.165) is 24.5 Å². The first kappa shape index (κ1) is 11.7. The fourth-order valence-electron chi connectivity index (χ4n) is 1.48. The molecular formula is C10H15N5OS. The lowest BCUT2D eigenvalue weighted by molar-refractivity contribution is 0.419. The standard InChI is InChI=1S/C10H15N5OS/c1-16-8-9(11)14-17-10(8)12-4-2-6-15-7-3-5-13-15/h3,5,7,12H,2,4,6H2,1H3,(H2,11,14). The Kier molecular flexibility index (Phi) is 3.81. The van der Waals surface area contributed by atoms with Gasteiger partial charge in [0.25, 0.3) is 0 Å². The summed E-state index contributed by atoms with van der Waals surface area (Å²) in [6, 6.07) is 1.92. The zero-order valence-electron chi connectivity index (χ0n) is 9.59. The highest BCUT2D eigenvalue weighted by Crippen LogP contribution is 2.34. The summed E-state index contributed by atoms with van der Waals surface area (Å²) in [4.78, 5) is 0. The number of nitrogen functional groups attached to an aromatic ring is 1. The van der Waals surface area contributed by atoms with E-state index in [1.54, 1.807) is 13.3 Å². The van der Waals surface area contributed by atoms with E-state index in [1.807, 2.05) is 16.9 Å². The molecule has 0 spiro atoms. The number of nitrogens with one attached hydrogen (secondary N) is 1. The van der Waals surface area contributed by atoms with Crippen LogP contribution in [0.3, 0.4) is 0 Å². The molecule has 2 aromatic rings. The normalized spacial score (nSPS) is 10.4. The predicted molar refractivity (Wildman–Crippen MR) is 68.4 cm³/mol. The van der Waals surface area contributed by atoms with Crippen molar-refractivity contribution in [2.75, 3.05) is 24.7 Å². The van der Waals surface area contributed by atoms with Crippen LogP contribution in [-0.4, -0.2) is 27.8 Å². The number of nitrogens with two attached hydrogens (primary N) is 1. The van der Waals surface area contributed by atoms with Crippen LogP contribution in [0.15, 0.2) is 18.5 Å². The van der Waals surface area contributed by atoms with Gasteiger partial charge in [-0.3, -0.25) is 4.68 Å². The van der Waals surface area contributed by atoms with Gasteiger partial charge in [-0.2, -0.15) is 9.47 Å². The van der Waals surface area contributed by atoms with E-state index in [-0.39, 0.29) is 0 Å². The minimum atomic E-state index is 0.437. The van der Waals surface area contributed by atoms with Crippen LogP contribution >= 0.6 is 11.5 Å². The van der Waals surface area contributed by atoms with Gasteiger partial charge in [-0.1, -0.05) is 0 Å². The van der Waals surface area contributed by atoms with Crippen molar-refractivity contribution in [3.05, 3.63) is 18.5 Å². The summed E-state index contributed by atoms with van der Waals surface area (Å²) in [6.45, 7) is 1.72. The zero-order chi connectivity index (χ0) is 12.1. The molecule has 0 aliphatic carbocycles. The van der Waals surface area contributed by atoms with Crippen molar-refractivity contribution >= 4 is 22.4 Å². The summed E-state index contributed by atoms with van der Waals surface area (Å²) in [5.41, 5.74) is 5.65. The summed E-state index contributed by atoms with van der Waals surface area (Å²) in [6.07, 6.45) is 4.70. The lowest BCUT2D eigenvalue weighted by atomic mass is 10.4. The van der Waals surface area contributed by atoms with Crippen molar-refractivity contribution in [2.24, 2.45) is 0 Å². The smallest absolute Gasteiger partial charge is 0.197 e. The Hall–Kier alpha value is -1.76. The van der Waals surface area contributed by atoms with Crippen LogP contribution in [-0.2, 0) is 6.54 Å². The number of aryl methyl sites for hydroxylation is 1. The highest BCUT2D eigenvalue weighted by molar-refractivity contribution is 7.11. The molecule has 0 atom stereocenters. The average Bonchev–Trinajstić information content (AvgIpc) is 2.94. The van der Waals surface area contributed by atoms with Gasteiger partial charge in [-0.25, -0.2) is 0 Å². The maximum atomic E-state index is 5.65. The molecule has 92 valence electrons. The fraction of sp³-hybridized carbons (Fsp3) is 0.400. The summed E-state index contributed by atoms with van der Waals surface area (Å²) in [5.74, 6) is 1.07. The van der Waals surface area contributed by atoms with Crippen molar-refractivity contribution in [1.29, 1.82) is 0 Å². The van der Waals surface area contributed by atoms with Gasteiger partial charge >= 0.3 is 0 Å². The van der Waals surface area contributed by atoms with Crippen LogP contribution in [0.4, 0.5) is 10.8 Å². The van der Waals surface area contributed by atoms with Gasteiger partial charge in [0.1, 0.15) is 0 Å². The van der Waals surface area contributed by atoms with Crippen LogP contribution in [0.5, 0.6) is 5.75 Å². The second kappa shape index (κ2) is 5.53. The van der Waals surface area contributed by atoms with Crippen LogP contribution in [0.1, 0.15) is 6.42 Å². The van der Waals surface area contributed by atoms with Crippen LogP contribution in [0.25, 0.3) is 0 Å². The molecule has 2 heterocycles. The largest absolute Gasteiger partial charge is 0.490 e. The van der Waals surface area contributed by atoms with E-state index >= 15 is 0 Å². The molecule has 0 saturated heterocycles. The van der Waals surface area contributed by atoms with E-state index in [2.05, 4.69) is 14.8 Å². The maximum Gasteiger partial charge on any atom is 0.197 e. The molecule has 3 N–H and O–H groups in total. The third kappa shape index (κ3) is 2.88. The molecule has 0 amide bonds. The van der Waals surface area contributed by atoms with Gasteiger partial charge in [-0.15, -0.1) is 0 Å². The number of ether oxygens (including phenoxy) is 1. The third-order valence-corrected chi connectivity index (χ3v) is 3.09. The number of anilines is 2. The number of aromatic nitrogens is 3. The average molecular weight is 253 g/mol. The summed E-state index contributed by atoms with van der Waals surface area (Å²) in [5, 5.41) is 8.27. The van der Waals surface area contributed by atoms with Crippen LogP contribution in [0, 0.1) is 0 Å². The molecule has 2 rings (SSSR count). The second-order valence-electron chi connectivity index (χ2n) is 3.48. The Labute approximate surface area is 104 Å². The first-order chi connectivity index (χ1) is 8.31. The summed E-state index contributed by atoms with van der Waals surface area (Å²) in [7, 11) is 1.59. The molecule has 0 aliphatic rings. The first-order valence-corrected chi connectivity index (χ1v) is 6.09. The highest BCUT2D eigenvalue weighted by atomic mass is 32.1. The van der Waals surface area contributed by atoms with Crippen molar-refractivity contribution in [2.45, 2.75) is 13.0 Å². The number of hydrogen-bond acceptors (Lipinski definition) is 6. The van der Waals surface area contributed by atoms with Gasteiger partial charge in [0.2, 0.25) is 0 Å². The maximum absolute atomic E-state index is 5.65. The molecule has 7 heteroatoms. The van der Waals surface area contributed by atoms with Crippen molar-refractivity contribution in [1.82, 2.24) is 14.2 Å². The van der Waals surface area contributed by atoms with Crippen LogP contribution in [0.2, 0.25) is 0 Å². The zero-order valence-corrected chi connectivity index (χ0v) is 10.4. The minimum absolute atomic E-state index is 0.437. The first-order valence-electron chi connectivity index (χ1n) is 5.31. The molecule has 0 radical (unpaired) electrons. The van der Waals surface area contributed by atoms with E-state index in [9.17, 15) is 0 Å². The van der Waals surface area contributed by atoms with Crippen LogP contribution < -0.4 is 15.8 Å². The van der Waals surface area contributed by atoms with E-state index in [4.69, 9.17) is 10.5 Å². The third-order valence-electron chi connectivity index (χ3n) is 2.29. The Morgan fingerprint density at radius 3 is 3.18 bits per heavy atom. The van der Waals surface area contributed by atoms with E-state index in [1.165, 1.54) is 11.5 Å². The highest BCUT2D eigenvalue weighted by Gasteiger charge is 2.10. The summed E-state index contributed by atoms with van der Waals surface area (Å²) < 4.78 is 11.1. The lowest BCUT2D eigenvalue weighted by Gasteiger charge is -2.06. The van der Waals surface area contributed by atoms with Crippen molar-refractivity contribution < 1.29 is 4.74 Å². The Morgan fingerprint density at radius 1 is 1.59 bits per heavy atom. The van der Waals surface area contributed by atoms with Gasteiger partial charge < -0.3 is 15.8 Å². The van der Waals surface area contributed by atoms with Crippen molar-refractivity contribution in [3.8, 4) is 5.75 Å². The van der Waals surface area contributed by atoms with Crippen molar-refractivity contribution in [3.63, 3.8) is 0 Å². The molecule has 2 aromatic heterocycles. The SMILES string of the molecule is COc1c(N)nsc1NCCCn1cccn1. The second-order valence-corrected chi connectivity index (χ2v) is 4.25. The number of nitrogens with zero attached hydrogens (tertiary/aromatic N) is 3. The molecule has 0 aromatic carbocycles. The predicted octanol–water partition coefficient (Wildman–Crippen LogP) is 1.43. The number of rotatable bonds is 6. The molecule has 0 unspecified atom stereocenters. The van der Waals surface area contributed by atoms with Gasteiger partial charge in [0.15, 0.2) is 16.6 Å². The Bertz CT molecular complexity index is 453. The Balaban J connectivity index is 1.78. The molecule has 17 heavy (non-hydrogen) atoms. The minimum Gasteiger partial charge on any atom is -0.490 e. The molecule has 0 aliphatic heterocycles. The number of methoxy groups -OCH3 is 1.